The van der Waals surface area contributed by atoms with Crippen LogP contribution in [0.2, 0.25) is 0 Å². The second-order valence-corrected chi connectivity index (χ2v) is 4.66. The number of hydrogen-bond donors (Lipinski definition) is 2. The Bertz CT molecular complexity index is 113. The van der Waals surface area contributed by atoms with Crippen molar-refractivity contribution in [2.24, 2.45) is 5.41 Å². The fourth-order valence-electron chi connectivity index (χ4n) is 1.04. The molecule has 0 aromatic heterocycles. The molecule has 0 saturated heterocycles. The van der Waals surface area contributed by atoms with E-state index in [9.17, 15) is 5.11 Å². The first-order chi connectivity index (χ1) is 5.34. The first-order valence-corrected chi connectivity index (χ1v) is 4.70. The van der Waals surface area contributed by atoms with E-state index in [2.05, 4.69) is 0 Å². The molecule has 0 fully saturated rings. The SMILES string of the molecule is CC(O)CCCC(O)C(C)(C)C. The van der Waals surface area contributed by atoms with Gasteiger partial charge in [-0.05, 0) is 31.6 Å². The van der Waals surface area contributed by atoms with Crippen LogP contribution >= 0.6 is 0 Å². The number of rotatable bonds is 4. The molecular weight excluding hydrogens is 152 g/mol. The first kappa shape index (κ1) is 11.9. The van der Waals surface area contributed by atoms with E-state index < -0.39 is 0 Å². The van der Waals surface area contributed by atoms with Crippen molar-refractivity contribution in [3.8, 4) is 0 Å². The first-order valence-electron chi connectivity index (χ1n) is 4.70. The molecule has 0 saturated carbocycles. The fraction of sp³-hybridized carbons (Fsp3) is 1.00. The highest BCUT2D eigenvalue weighted by atomic mass is 16.3. The van der Waals surface area contributed by atoms with E-state index in [0.717, 1.165) is 19.3 Å². The molecule has 0 spiro atoms. The van der Waals surface area contributed by atoms with Crippen molar-refractivity contribution < 1.29 is 10.2 Å². The van der Waals surface area contributed by atoms with Gasteiger partial charge in [0.25, 0.3) is 0 Å². The number of aliphatic hydroxyl groups is 2. The maximum Gasteiger partial charge on any atom is 0.0588 e. The van der Waals surface area contributed by atoms with Crippen molar-refractivity contribution in [1.82, 2.24) is 0 Å². The fourth-order valence-corrected chi connectivity index (χ4v) is 1.04. The lowest BCUT2D eigenvalue weighted by Gasteiger charge is -2.25. The van der Waals surface area contributed by atoms with Crippen LogP contribution in [0.5, 0.6) is 0 Å². The average molecular weight is 174 g/mol. The molecule has 74 valence electrons. The molecule has 0 rings (SSSR count). The topological polar surface area (TPSA) is 40.5 Å². The Morgan fingerprint density at radius 3 is 1.92 bits per heavy atom. The second-order valence-electron chi connectivity index (χ2n) is 4.66. The van der Waals surface area contributed by atoms with E-state index in [1.165, 1.54) is 0 Å². The second kappa shape index (κ2) is 4.83. The van der Waals surface area contributed by atoms with Crippen LogP contribution in [0.25, 0.3) is 0 Å². The number of aliphatic hydroxyl groups excluding tert-OH is 2. The summed E-state index contributed by atoms with van der Waals surface area (Å²) in [5, 5.41) is 18.6. The van der Waals surface area contributed by atoms with Gasteiger partial charge in [0.2, 0.25) is 0 Å². The highest BCUT2D eigenvalue weighted by Gasteiger charge is 2.21. The molecule has 2 nitrogen and oxygen atoms in total. The Hall–Kier alpha value is -0.0800. The summed E-state index contributed by atoms with van der Waals surface area (Å²) in [6.45, 7) is 7.86. The van der Waals surface area contributed by atoms with Gasteiger partial charge in [0.1, 0.15) is 0 Å². The van der Waals surface area contributed by atoms with Crippen molar-refractivity contribution >= 4 is 0 Å². The van der Waals surface area contributed by atoms with Gasteiger partial charge in [0, 0.05) is 0 Å². The van der Waals surface area contributed by atoms with E-state index in [1.807, 2.05) is 20.8 Å². The molecule has 0 aromatic rings. The van der Waals surface area contributed by atoms with Crippen molar-refractivity contribution in [2.75, 3.05) is 0 Å². The van der Waals surface area contributed by atoms with Crippen LogP contribution in [0.4, 0.5) is 0 Å². The summed E-state index contributed by atoms with van der Waals surface area (Å²) in [5.74, 6) is 0. The lowest BCUT2D eigenvalue weighted by molar-refractivity contribution is 0.0499. The molecule has 2 atom stereocenters. The van der Waals surface area contributed by atoms with Crippen LogP contribution in [0.3, 0.4) is 0 Å². The summed E-state index contributed by atoms with van der Waals surface area (Å²) in [7, 11) is 0. The minimum Gasteiger partial charge on any atom is -0.393 e. The van der Waals surface area contributed by atoms with Crippen LogP contribution in [-0.4, -0.2) is 22.4 Å². The predicted octanol–water partition coefficient (Wildman–Crippen LogP) is 1.94. The van der Waals surface area contributed by atoms with E-state index in [1.54, 1.807) is 6.92 Å². The van der Waals surface area contributed by atoms with Crippen molar-refractivity contribution in [3.05, 3.63) is 0 Å². The highest BCUT2D eigenvalue weighted by Crippen LogP contribution is 2.23. The Kier molecular flexibility index (Phi) is 4.80. The summed E-state index contributed by atoms with van der Waals surface area (Å²) in [6, 6.07) is 0. The normalized spacial score (nSPS) is 17.5. The van der Waals surface area contributed by atoms with Gasteiger partial charge in [-0.2, -0.15) is 0 Å². The molecule has 0 bridgehead atoms. The van der Waals surface area contributed by atoms with Crippen LogP contribution in [-0.2, 0) is 0 Å². The summed E-state index contributed by atoms with van der Waals surface area (Å²) < 4.78 is 0. The monoisotopic (exact) mass is 174 g/mol. The summed E-state index contributed by atoms with van der Waals surface area (Å²) >= 11 is 0. The molecule has 0 heterocycles. The lowest BCUT2D eigenvalue weighted by atomic mass is 9.86. The standard InChI is InChI=1S/C10H22O2/c1-8(11)6-5-7-9(12)10(2,3)4/h8-9,11-12H,5-7H2,1-4H3. The van der Waals surface area contributed by atoms with Crippen molar-refractivity contribution in [2.45, 2.75) is 59.2 Å². The van der Waals surface area contributed by atoms with E-state index in [0.29, 0.717) is 0 Å². The van der Waals surface area contributed by atoms with Crippen molar-refractivity contribution in [3.63, 3.8) is 0 Å². The minimum atomic E-state index is -0.253. The maximum atomic E-state index is 9.62. The van der Waals surface area contributed by atoms with Crippen LogP contribution in [0.1, 0.15) is 47.0 Å². The van der Waals surface area contributed by atoms with Gasteiger partial charge in [-0.15, -0.1) is 0 Å². The van der Waals surface area contributed by atoms with Gasteiger partial charge in [0.15, 0.2) is 0 Å². The van der Waals surface area contributed by atoms with Crippen molar-refractivity contribution in [1.29, 1.82) is 0 Å². The summed E-state index contributed by atoms with van der Waals surface area (Å²) in [6.07, 6.45) is 1.98. The van der Waals surface area contributed by atoms with Gasteiger partial charge in [0.05, 0.1) is 12.2 Å². The quantitative estimate of drug-likeness (QED) is 0.684. The molecule has 2 unspecified atom stereocenters. The minimum absolute atomic E-state index is 0.0291. The zero-order valence-electron chi connectivity index (χ0n) is 8.67. The third-order valence-electron chi connectivity index (χ3n) is 2.10. The van der Waals surface area contributed by atoms with Gasteiger partial charge in [-0.25, -0.2) is 0 Å². The molecule has 12 heavy (non-hydrogen) atoms. The Labute approximate surface area is 75.6 Å². The third-order valence-corrected chi connectivity index (χ3v) is 2.10. The Morgan fingerprint density at radius 1 is 1.08 bits per heavy atom. The zero-order chi connectivity index (χ0) is 9.78. The average Bonchev–Trinajstić information content (AvgIpc) is 1.84. The molecule has 0 radical (unpaired) electrons. The van der Waals surface area contributed by atoms with Crippen LogP contribution < -0.4 is 0 Å². The molecule has 0 aliphatic rings. The molecule has 0 aliphatic heterocycles. The summed E-state index contributed by atoms with van der Waals surface area (Å²) in [5.41, 5.74) is -0.0291. The van der Waals surface area contributed by atoms with Gasteiger partial charge in [-0.1, -0.05) is 20.8 Å². The molecule has 2 heteroatoms. The van der Waals surface area contributed by atoms with E-state index in [-0.39, 0.29) is 17.6 Å². The molecular formula is C10H22O2. The molecule has 0 aliphatic carbocycles. The lowest BCUT2D eigenvalue weighted by Crippen LogP contribution is -2.25. The molecule has 0 amide bonds. The van der Waals surface area contributed by atoms with E-state index in [4.69, 9.17) is 5.11 Å². The smallest absolute Gasteiger partial charge is 0.0588 e. The zero-order valence-corrected chi connectivity index (χ0v) is 8.67. The van der Waals surface area contributed by atoms with Gasteiger partial charge in [-0.3, -0.25) is 0 Å². The largest absolute Gasteiger partial charge is 0.393 e. The van der Waals surface area contributed by atoms with Crippen LogP contribution in [0, 0.1) is 5.41 Å². The molecule has 0 aromatic carbocycles. The Morgan fingerprint density at radius 2 is 1.58 bits per heavy atom. The number of hydrogen-bond acceptors (Lipinski definition) is 2. The molecule has 2 N–H and O–H groups in total. The van der Waals surface area contributed by atoms with E-state index >= 15 is 0 Å². The predicted molar refractivity (Wildman–Crippen MR) is 51.0 cm³/mol. The maximum absolute atomic E-state index is 9.62. The van der Waals surface area contributed by atoms with Gasteiger partial charge < -0.3 is 10.2 Å². The van der Waals surface area contributed by atoms with Crippen LogP contribution in [0.15, 0.2) is 0 Å². The highest BCUT2D eigenvalue weighted by molar-refractivity contribution is 4.72. The summed E-state index contributed by atoms with van der Waals surface area (Å²) in [4.78, 5) is 0. The third kappa shape index (κ3) is 5.56. The Balaban J connectivity index is 3.51. The van der Waals surface area contributed by atoms with Gasteiger partial charge >= 0.3 is 0 Å².